The number of hydrogen-bond acceptors (Lipinski definition) is 6. The quantitative estimate of drug-likeness (QED) is 0.520. The second kappa shape index (κ2) is 8.32. The summed E-state index contributed by atoms with van der Waals surface area (Å²) < 4.78 is 7.28. The molecule has 0 radical (unpaired) electrons. The van der Waals surface area contributed by atoms with Gasteiger partial charge in [-0.05, 0) is 49.2 Å². The lowest BCUT2D eigenvalue weighted by atomic mass is 10.1. The number of nitrogens with zero attached hydrogens (tertiary/aromatic N) is 5. The van der Waals surface area contributed by atoms with Gasteiger partial charge in [0.1, 0.15) is 5.82 Å². The summed E-state index contributed by atoms with van der Waals surface area (Å²) in [6.07, 6.45) is 4.25. The summed E-state index contributed by atoms with van der Waals surface area (Å²) >= 11 is 0. The Labute approximate surface area is 167 Å². The fraction of sp³-hybridized carbons (Fsp3) is 0.286. The highest BCUT2D eigenvalue weighted by molar-refractivity contribution is 6.05. The van der Waals surface area contributed by atoms with Gasteiger partial charge < -0.3 is 14.6 Å². The van der Waals surface area contributed by atoms with Crippen molar-refractivity contribution in [3.63, 3.8) is 0 Å². The van der Waals surface area contributed by atoms with Crippen LogP contribution in [0.4, 0.5) is 0 Å². The summed E-state index contributed by atoms with van der Waals surface area (Å²) in [6, 6.07) is 9.34. The number of ether oxygens (including phenoxy) is 1. The van der Waals surface area contributed by atoms with Gasteiger partial charge in [0.15, 0.2) is 0 Å². The number of aromatic nitrogens is 5. The Morgan fingerprint density at radius 1 is 1.17 bits per heavy atom. The molecule has 0 fully saturated rings. The number of nitrogens with one attached hydrogen (secondary N) is 1. The van der Waals surface area contributed by atoms with Crippen LogP contribution in [0, 0.1) is 6.92 Å². The average Bonchev–Trinajstić information content (AvgIpc) is 3.08. The Hall–Kier alpha value is -3.39. The molecule has 1 N–H and O–H groups in total. The molecule has 4 rings (SSSR count). The van der Waals surface area contributed by atoms with Gasteiger partial charge in [0.2, 0.25) is 5.65 Å². The molecule has 148 valence electrons. The van der Waals surface area contributed by atoms with Crippen LogP contribution in [0.25, 0.3) is 22.1 Å². The van der Waals surface area contributed by atoms with Crippen molar-refractivity contribution in [3.05, 3.63) is 59.7 Å². The molecule has 1 aromatic carbocycles. The summed E-state index contributed by atoms with van der Waals surface area (Å²) in [7, 11) is 1.67. The molecule has 8 heteroatoms. The molecule has 0 saturated carbocycles. The van der Waals surface area contributed by atoms with E-state index in [0.29, 0.717) is 30.9 Å². The van der Waals surface area contributed by atoms with Crippen LogP contribution in [-0.2, 0) is 17.7 Å². The lowest BCUT2D eigenvalue weighted by Gasteiger charge is -2.09. The summed E-state index contributed by atoms with van der Waals surface area (Å²) in [5, 5.41) is 12.3. The van der Waals surface area contributed by atoms with Gasteiger partial charge in [0, 0.05) is 43.5 Å². The van der Waals surface area contributed by atoms with Gasteiger partial charge in [-0.1, -0.05) is 0 Å². The van der Waals surface area contributed by atoms with Crippen LogP contribution in [0.5, 0.6) is 0 Å². The molecule has 0 aliphatic heterocycles. The molecule has 3 heterocycles. The van der Waals surface area contributed by atoms with Crippen molar-refractivity contribution < 1.29 is 9.53 Å². The predicted octanol–water partition coefficient (Wildman–Crippen LogP) is 2.30. The van der Waals surface area contributed by atoms with Crippen molar-refractivity contribution in [2.45, 2.75) is 19.9 Å². The van der Waals surface area contributed by atoms with Gasteiger partial charge in [-0.25, -0.2) is 4.98 Å². The summed E-state index contributed by atoms with van der Waals surface area (Å²) in [6.45, 7) is 3.70. The van der Waals surface area contributed by atoms with Crippen molar-refractivity contribution in [2.24, 2.45) is 0 Å². The van der Waals surface area contributed by atoms with Gasteiger partial charge in [-0.3, -0.25) is 9.78 Å². The molecule has 4 aromatic rings. The van der Waals surface area contributed by atoms with Crippen LogP contribution < -0.4 is 5.32 Å². The van der Waals surface area contributed by atoms with Crippen molar-refractivity contribution >= 4 is 28.0 Å². The van der Waals surface area contributed by atoms with Crippen molar-refractivity contribution in [2.75, 3.05) is 20.3 Å². The number of benzene rings is 1. The average molecular weight is 390 g/mol. The molecule has 0 atom stereocenters. The van der Waals surface area contributed by atoms with Crippen molar-refractivity contribution in [3.8, 4) is 0 Å². The fourth-order valence-electron chi connectivity index (χ4n) is 3.37. The first-order chi connectivity index (χ1) is 14.2. The third-order valence-electron chi connectivity index (χ3n) is 4.87. The van der Waals surface area contributed by atoms with Crippen molar-refractivity contribution in [1.29, 1.82) is 0 Å². The number of carbonyl (C=O) groups is 1. The van der Waals surface area contributed by atoms with Gasteiger partial charge >= 0.3 is 0 Å². The van der Waals surface area contributed by atoms with Gasteiger partial charge in [0.05, 0.1) is 17.6 Å². The maximum absolute atomic E-state index is 12.7. The molecule has 0 saturated heterocycles. The normalized spacial score (nSPS) is 11.2. The summed E-state index contributed by atoms with van der Waals surface area (Å²) in [4.78, 5) is 21.2. The summed E-state index contributed by atoms with van der Waals surface area (Å²) in [5.41, 5.74) is 3.88. The minimum Gasteiger partial charge on any atom is -0.383 e. The first kappa shape index (κ1) is 18.9. The van der Waals surface area contributed by atoms with Crippen LogP contribution in [-0.4, -0.2) is 50.9 Å². The first-order valence-corrected chi connectivity index (χ1v) is 9.46. The molecule has 1 amide bonds. The zero-order valence-corrected chi connectivity index (χ0v) is 16.4. The number of amides is 1. The zero-order valence-electron chi connectivity index (χ0n) is 16.4. The number of methoxy groups -OCH3 is 1. The molecule has 0 aliphatic rings. The molecule has 0 aliphatic carbocycles. The maximum Gasteiger partial charge on any atom is 0.251 e. The lowest BCUT2D eigenvalue weighted by Crippen LogP contribution is -2.25. The second-order valence-corrected chi connectivity index (χ2v) is 6.77. The van der Waals surface area contributed by atoms with Crippen LogP contribution in [0.3, 0.4) is 0 Å². The number of hydrogen-bond donors (Lipinski definition) is 1. The fourth-order valence-corrected chi connectivity index (χ4v) is 3.37. The largest absolute Gasteiger partial charge is 0.383 e. The maximum atomic E-state index is 12.7. The van der Waals surface area contributed by atoms with E-state index in [2.05, 4.69) is 30.0 Å². The highest BCUT2D eigenvalue weighted by Crippen LogP contribution is 2.24. The van der Waals surface area contributed by atoms with E-state index in [-0.39, 0.29) is 5.91 Å². The number of rotatable bonds is 7. The smallest absolute Gasteiger partial charge is 0.251 e. The highest BCUT2D eigenvalue weighted by Gasteiger charge is 2.15. The van der Waals surface area contributed by atoms with E-state index in [9.17, 15) is 4.79 Å². The molecule has 0 unspecified atom stereocenters. The molecule has 0 bridgehead atoms. The van der Waals surface area contributed by atoms with Crippen LogP contribution in [0.15, 0.2) is 42.7 Å². The van der Waals surface area contributed by atoms with E-state index >= 15 is 0 Å². The minimum atomic E-state index is -0.120. The number of fused-ring (bicyclic) bond motifs is 3. The van der Waals surface area contributed by atoms with Crippen molar-refractivity contribution in [1.82, 2.24) is 30.0 Å². The first-order valence-electron chi connectivity index (χ1n) is 9.46. The minimum absolute atomic E-state index is 0.120. The standard InChI is InChI=1S/C21H22N6O2/c1-14-24-20-19(27(14)11-12-29-2)17-13-16(3-4-18(17)25-26-20)21(28)23-10-7-15-5-8-22-9-6-15/h3-6,8-9,13H,7,10-12H2,1-2H3,(H,23,28). The van der Waals surface area contributed by atoms with E-state index < -0.39 is 0 Å². The molecule has 29 heavy (non-hydrogen) atoms. The molecule has 8 nitrogen and oxygen atoms in total. The van der Waals surface area contributed by atoms with Gasteiger partial charge in [-0.2, -0.15) is 0 Å². The highest BCUT2D eigenvalue weighted by atomic mass is 16.5. The predicted molar refractivity (Wildman–Crippen MR) is 110 cm³/mol. The molecular formula is C21H22N6O2. The number of pyridine rings is 1. The van der Waals surface area contributed by atoms with Crippen LogP contribution in [0.1, 0.15) is 21.7 Å². The Balaban J connectivity index is 1.61. The molecular weight excluding hydrogens is 368 g/mol. The van der Waals surface area contributed by atoms with E-state index in [1.54, 1.807) is 25.6 Å². The topological polar surface area (TPSA) is 94.8 Å². The van der Waals surface area contributed by atoms with E-state index in [1.165, 1.54) is 0 Å². The van der Waals surface area contributed by atoms with Crippen LogP contribution >= 0.6 is 0 Å². The Morgan fingerprint density at radius 2 is 2.00 bits per heavy atom. The van der Waals surface area contributed by atoms with Crippen LogP contribution in [0.2, 0.25) is 0 Å². The van der Waals surface area contributed by atoms with E-state index in [4.69, 9.17) is 4.74 Å². The summed E-state index contributed by atoms with van der Waals surface area (Å²) in [5.74, 6) is 0.719. The van der Waals surface area contributed by atoms with Gasteiger partial charge in [-0.15, -0.1) is 10.2 Å². The molecule has 0 spiro atoms. The molecule has 3 aromatic heterocycles. The number of aryl methyl sites for hydroxylation is 1. The lowest BCUT2D eigenvalue weighted by molar-refractivity contribution is 0.0954. The Kier molecular flexibility index (Phi) is 5.44. The second-order valence-electron chi connectivity index (χ2n) is 6.77. The SMILES string of the molecule is COCCn1c(C)nc2nnc3ccc(C(=O)NCCc4ccncc4)cc3c21. The van der Waals surface area contributed by atoms with E-state index in [1.807, 2.05) is 31.2 Å². The number of imidazole rings is 1. The number of carbonyl (C=O) groups excluding carboxylic acids is 1. The van der Waals surface area contributed by atoms with Gasteiger partial charge in [0.25, 0.3) is 5.91 Å². The third-order valence-corrected chi connectivity index (χ3v) is 4.87. The third kappa shape index (κ3) is 3.93. The van der Waals surface area contributed by atoms with E-state index in [0.717, 1.165) is 34.2 Å². The Morgan fingerprint density at radius 3 is 2.79 bits per heavy atom. The monoisotopic (exact) mass is 390 g/mol. The Bertz CT molecular complexity index is 1160. The zero-order chi connectivity index (χ0) is 20.2.